The van der Waals surface area contributed by atoms with Gasteiger partial charge in [0.2, 0.25) is 10.0 Å². The van der Waals surface area contributed by atoms with E-state index in [2.05, 4.69) is 51.5 Å². The summed E-state index contributed by atoms with van der Waals surface area (Å²) in [6.45, 7) is 11.4. The Hall–Kier alpha value is -2.78. The van der Waals surface area contributed by atoms with E-state index < -0.39 is 22.1 Å². The van der Waals surface area contributed by atoms with Gasteiger partial charge in [-0.2, -0.15) is 0 Å². The molecule has 4 rings (SSSR count). The van der Waals surface area contributed by atoms with Crippen LogP contribution in [0.1, 0.15) is 75.6 Å². The molecule has 9 heteroatoms. The molecule has 39 heavy (non-hydrogen) atoms. The summed E-state index contributed by atoms with van der Waals surface area (Å²) in [5.41, 5.74) is 5.65. The second kappa shape index (κ2) is 10.7. The Morgan fingerprint density at radius 3 is 2.23 bits per heavy atom. The first-order chi connectivity index (χ1) is 18.1. The lowest BCUT2D eigenvalue weighted by atomic mass is 9.62. The minimum absolute atomic E-state index is 0.0313. The lowest BCUT2D eigenvalue weighted by Gasteiger charge is -2.42. The molecule has 1 heterocycles. The Bertz CT molecular complexity index is 1360. The van der Waals surface area contributed by atoms with Crippen LogP contribution in [0.25, 0.3) is 0 Å². The van der Waals surface area contributed by atoms with E-state index in [-0.39, 0.29) is 34.1 Å². The van der Waals surface area contributed by atoms with Crippen molar-refractivity contribution >= 4 is 21.7 Å². The maximum atomic E-state index is 13.2. The van der Waals surface area contributed by atoms with E-state index >= 15 is 0 Å². The molecule has 1 saturated heterocycles. The van der Waals surface area contributed by atoms with Gasteiger partial charge in [-0.3, -0.25) is 4.72 Å². The molecule has 2 unspecified atom stereocenters. The molecule has 214 valence electrons. The maximum Gasteiger partial charge on any atom is 0.340 e. The van der Waals surface area contributed by atoms with Gasteiger partial charge in [-0.25, -0.2) is 13.2 Å². The maximum absolute atomic E-state index is 13.2. The Labute approximate surface area is 232 Å². The molecule has 1 aliphatic heterocycles. The molecule has 1 aliphatic carbocycles. The number of hydrogen-bond acceptors (Lipinski definition) is 7. The van der Waals surface area contributed by atoms with Gasteiger partial charge in [0.1, 0.15) is 5.75 Å². The molecule has 1 N–H and O–H groups in total. The second-order valence-electron chi connectivity index (χ2n) is 12.1. The van der Waals surface area contributed by atoms with Crippen molar-refractivity contribution in [2.75, 3.05) is 25.2 Å². The average Bonchev–Trinajstić information content (AvgIpc) is 3.31. The number of sulfonamides is 1. The van der Waals surface area contributed by atoms with Gasteiger partial charge in [0.15, 0.2) is 17.6 Å². The SMILES string of the molecule is COc1cc(NS(C)(=O)=O)c(OC(=O)C2CCC(Cc3cc4c(cc3C)C(C)(C)CCC4(C)C)O2)c(OC)c1. The van der Waals surface area contributed by atoms with Crippen molar-refractivity contribution in [3.8, 4) is 17.2 Å². The number of nitrogens with one attached hydrogen (secondary N) is 1. The molecule has 2 atom stereocenters. The second-order valence-corrected chi connectivity index (χ2v) is 13.9. The molecule has 0 saturated carbocycles. The van der Waals surface area contributed by atoms with Crippen LogP contribution in [0.15, 0.2) is 24.3 Å². The molecule has 0 amide bonds. The predicted molar refractivity (Wildman–Crippen MR) is 152 cm³/mol. The summed E-state index contributed by atoms with van der Waals surface area (Å²) in [7, 11) is -0.806. The topological polar surface area (TPSA) is 100 Å². The summed E-state index contributed by atoms with van der Waals surface area (Å²) in [6.07, 6.45) is 4.40. The lowest BCUT2D eigenvalue weighted by Crippen LogP contribution is -2.34. The Balaban J connectivity index is 1.51. The first kappa shape index (κ1) is 29.2. The van der Waals surface area contributed by atoms with Crippen LogP contribution in [0.3, 0.4) is 0 Å². The van der Waals surface area contributed by atoms with Gasteiger partial charge in [-0.1, -0.05) is 39.8 Å². The van der Waals surface area contributed by atoms with E-state index in [0.29, 0.717) is 18.6 Å². The van der Waals surface area contributed by atoms with Crippen LogP contribution in [-0.2, 0) is 36.8 Å². The molecule has 8 nitrogen and oxygen atoms in total. The summed E-state index contributed by atoms with van der Waals surface area (Å²) in [6, 6.07) is 7.66. The standard InChI is InChI=1S/C30H41NO7S/c1-18-13-22-23(30(4,5)12-11-29(22,2)3)15-19(18)14-20-9-10-25(37-20)28(32)38-27-24(31-39(8,33)34)16-21(35-6)17-26(27)36-7/h13,15-17,20,25,31H,9-12,14H2,1-8H3. The van der Waals surface area contributed by atoms with Crippen molar-refractivity contribution in [2.24, 2.45) is 0 Å². The van der Waals surface area contributed by atoms with Gasteiger partial charge < -0.3 is 18.9 Å². The fraction of sp³-hybridized carbons (Fsp3) is 0.567. The third kappa shape index (κ3) is 6.35. The number of fused-ring (bicyclic) bond motifs is 1. The number of hydrogen-bond donors (Lipinski definition) is 1. The van der Waals surface area contributed by atoms with Crippen molar-refractivity contribution in [3.63, 3.8) is 0 Å². The Morgan fingerprint density at radius 2 is 1.64 bits per heavy atom. The van der Waals surface area contributed by atoms with Crippen LogP contribution in [0, 0.1) is 6.92 Å². The number of carbonyl (C=O) groups excluding carboxylic acids is 1. The van der Waals surface area contributed by atoms with Crippen molar-refractivity contribution < 1.29 is 32.2 Å². The van der Waals surface area contributed by atoms with Crippen LogP contribution in [0.4, 0.5) is 5.69 Å². The normalized spacial score (nSPS) is 21.6. The molecular formula is C30H41NO7S. The van der Waals surface area contributed by atoms with Crippen molar-refractivity contribution in [1.29, 1.82) is 0 Å². The molecule has 2 aliphatic rings. The fourth-order valence-electron chi connectivity index (χ4n) is 5.65. The van der Waals surface area contributed by atoms with Gasteiger partial charge in [-0.05, 0) is 72.1 Å². The van der Waals surface area contributed by atoms with E-state index in [1.807, 2.05) is 0 Å². The van der Waals surface area contributed by atoms with Crippen molar-refractivity contribution in [1.82, 2.24) is 0 Å². The molecule has 2 aromatic rings. The van der Waals surface area contributed by atoms with Gasteiger partial charge >= 0.3 is 5.97 Å². The number of rotatable bonds is 8. The lowest BCUT2D eigenvalue weighted by molar-refractivity contribution is -0.146. The summed E-state index contributed by atoms with van der Waals surface area (Å²) in [5, 5.41) is 0. The number of ether oxygens (including phenoxy) is 4. The summed E-state index contributed by atoms with van der Waals surface area (Å²) in [5.74, 6) is -0.112. The predicted octanol–water partition coefficient (Wildman–Crippen LogP) is 5.43. The van der Waals surface area contributed by atoms with Crippen molar-refractivity contribution in [3.05, 3.63) is 46.5 Å². The summed E-state index contributed by atoms with van der Waals surface area (Å²) < 4.78 is 48.7. The summed E-state index contributed by atoms with van der Waals surface area (Å²) >= 11 is 0. The molecule has 0 bridgehead atoms. The molecule has 2 aromatic carbocycles. The Morgan fingerprint density at radius 1 is 1.00 bits per heavy atom. The molecule has 0 spiro atoms. The van der Waals surface area contributed by atoms with E-state index in [1.165, 1.54) is 55.0 Å². The van der Waals surface area contributed by atoms with E-state index in [4.69, 9.17) is 18.9 Å². The molecule has 1 fully saturated rings. The molecule has 0 radical (unpaired) electrons. The number of anilines is 1. The zero-order chi connectivity index (χ0) is 28.8. The van der Waals surface area contributed by atoms with Gasteiger partial charge in [0, 0.05) is 12.1 Å². The van der Waals surface area contributed by atoms with E-state index in [9.17, 15) is 13.2 Å². The highest BCUT2D eigenvalue weighted by Crippen LogP contribution is 2.47. The Kier molecular flexibility index (Phi) is 7.98. The van der Waals surface area contributed by atoms with Gasteiger partial charge in [0.25, 0.3) is 0 Å². The minimum atomic E-state index is -3.66. The highest BCUT2D eigenvalue weighted by molar-refractivity contribution is 7.92. The quantitative estimate of drug-likeness (QED) is 0.340. The zero-order valence-electron chi connectivity index (χ0n) is 24.3. The fourth-order valence-corrected chi connectivity index (χ4v) is 6.21. The summed E-state index contributed by atoms with van der Waals surface area (Å²) in [4.78, 5) is 13.2. The average molecular weight is 560 g/mol. The monoisotopic (exact) mass is 559 g/mol. The molecule has 0 aromatic heterocycles. The third-order valence-electron chi connectivity index (χ3n) is 8.11. The van der Waals surface area contributed by atoms with Crippen LogP contribution < -0.4 is 18.9 Å². The van der Waals surface area contributed by atoms with Crippen molar-refractivity contribution in [2.45, 2.75) is 89.8 Å². The molecular weight excluding hydrogens is 518 g/mol. The minimum Gasteiger partial charge on any atom is -0.497 e. The number of benzene rings is 2. The highest BCUT2D eigenvalue weighted by Gasteiger charge is 2.38. The van der Waals surface area contributed by atoms with Crippen LogP contribution >= 0.6 is 0 Å². The van der Waals surface area contributed by atoms with Gasteiger partial charge in [0.05, 0.1) is 32.3 Å². The van der Waals surface area contributed by atoms with Crippen LogP contribution in [0.2, 0.25) is 0 Å². The first-order valence-electron chi connectivity index (χ1n) is 13.4. The number of carbonyl (C=O) groups is 1. The zero-order valence-corrected chi connectivity index (χ0v) is 25.1. The first-order valence-corrected chi connectivity index (χ1v) is 15.3. The van der Waals surface area contributed by atoms with Crippen LogP contribution in [-0.4, -0.2) is 47.1 Å². The largest absolute Gasteiger partial charge is 0.497 e. The van der Waals surface area contributed by atoms with E-state index in [1.54, 1.807) is 0 Å². The number of esters is 1. The smallest absolute Gasteiger partial charge is 0.340 e. The highest BCUT2D eigenvalue weighted by atomic mass is 32.2. The third-order valence-corrected chi connectivity index (χ3v) is 8.70. The number of methoxy groups -OCH3 is 2. The van der Waals surface area contributed by atoms with E-state index in [0.717, 1.165) is 19.1 Å². The van der Waals surface area contributed by atoms with Crippen LogP contribution in [0.5, 0.6) is 17.2 Å². The van der Waals surface area contributed by atoms with Gasteiger partial charge in [-0.15, -0.1) is 0 Å². The number of aryl methyl sites for hydroxylation is 1.